The zero-order chi connectivity index (χ0) is 21.0. The molecular weight excluding hydrogens is 606 g/mol. The monoisotopic (exact) mass is 606 g/mol. The van der Waals surface area contributed by atoms with Crippen LogP contribution in [-0.4, -0.2) is 55.4 Å². The first-order valence-corrected chi connectivity index (χ1v) is 8.04. The van der Waals surface area contributed by atoms with Crippen LogP contribution in [0, 0.1) is 38.6 Å². The van der Waals surface area contributed by atoms with E-state index < -0.39 is 46.9 Å². The third kappa shape index (κ3) is 16.3. The number of alkyl halides is 9. The SMILES string of the molecule is O=S(=O)([O-])C(F)(F)F.O=S(=O)([O-])C(F)(F)F.O=S(=O)([O-])C(F)(F)F.[Tb+3]. The van der Waals surface area contributed by atoms with Crippen molar-refractivity contribution in [3.8, 4) is 0 Å². The summed E-state index contributed by atoms with van der Waals surface area (Å²) < 4.78 is 177. The van der Waals surface area contributed by atoms with E-state index in [1.807, 2.05) is 0 Å². The molecule has 0 heterocycles. The summed E-state index contributed by atoms with van der Waals surface area (Å²) in [6.07, 6.45) is 0. The normalized spacial score (nSPS) is 13.4. The molecule has 0 amide bonds. The van der Waals surface area contributed by atoms with E-state index in [0.29, 0.717) is 0 Å². The van der Waals surface area contributed by atoms with Gasteiger partial charge in [-0.3, -0.25) is 0 Å². The standard InChI is InChI=1S/3CHF3O3S.Tb/c3*2-1(3,4)8(5,6)7;/h3*(H,5,6,7);/q;;;+3/p-3. The predicted octanol–water partition coefficient (Wildman–Crippen LogP) is 0.154. The molecule has 0 aliphatic heterocycles. The fourth-order valence-electron chi connectivity index (χ4n) is 0. The number of halogens is 9. The van der Waals surface area contributed by atoms with Gasteiger partial charge in [0.05, 0.1) is 0 Å². The molecular formula is C3F9O9S3Tb. The third-order valence-corrected chi connectivity index (χ3v) is 2.55. The molecule has 0 unspecified atom stereocenters. The molecule has 25 heavy (non-hydrogen) atoms. The summed E-state index contributed by atoms with van der Waals surface area (Å²) >= 11 is 0. The van der Waals surface area contributed by atoms with Gasteiger partial charge in [-0.1, -0.05) is 0 Å². The van der Waals surface area contributed by atoms with E-state index in [9.17, 15) is 39.5 Å². The molecule has 0 aliphatic rings. The van der Waals surface area contributed by atoms with Gasteiger partial charge in [-0.25, -0.2) is 25.3 Å². The van der Waals surface area contributed by atoms with E-state index in [4.69, 9.17) is 38.9 Å². The molecule has 0 aromatic rings. The topological polar surface area (TPSA) is 172 Å². The van der Waals surface area contributed by atoms with Crippen molar-refractivity contribution in [2.75, 3.05) is 0 Å². The van der Waals surface area contributed by atoms with Crippen molar-refractivity contribution in [2.24, 2.45) is 0 Å². The van der Waals surface area contributed by atoms with Gasteiger partial charge in [0.1, 0.15) is 0 Å². The van der Waals surface area contributed by atoms with Crippen LogP contribution in [0.25, 0.3) is 0 Å². The van der Waals surface area contributed by atoms with Gasteiger partial charge in [0.15, 0.2) is 30.4 Å². The Balaban J connectivity index is -0.000000130. The zero-order valence-electron chi connectivity index (χ0n) is 10.1. The molecule has 22 heteroatoms. The Morgan fingerprint density at radius 3 is 0.480 bits per heavy atom. The number of rotatable bonds is 0. The van der Waals surface area contributed by atoms with Crippen LogP contribution in [0.4, 0.5) is 39.5 Å². The molecule has 0 fully saturated rings. The van der Waals surface area contributed by atoms with Gasteiger partial charge in [0, 0.05) is 0 Å². The second-order valence-corrected chi connectivity index (χ2v) is 6.81. The molecule has 156 valence electrons. The fourth-order valence-corrected chi connectivity index (χ4v) is 0. The summed E-state index contributed by atoms with van der Waals surface area (Å²) in [6, 6.07) is 0. The maximum atomic E-state index is 10.7. The van der Waals surface area contributed by atoms with Gasteiger partial charge in [-0.05, 0) is 0 Å². The smallest absolute Gasteiger partial charge is 0.741 e. The van der Waals surface area contributed by atoms with Crippen molar-refractivity contribution in [1.82, 2.24) is 0 Å². The van der Waals surface area contributed by atoms with Crippen LogP contribution in [0.1, 0.15) is 0 Å². The quantitative estimate of drug-likeness (QED) is 0.212. The summed E-state index contributed by atoms with van der Waals surface area (Å²) in [4.78, 5) is 0. The number of hydrogen-bond acceptors (Lipinski definition) is 9. The van der Waals surface area contributed by atoms with Crippen LogP contribution in [0.5, 0.6) is 0 Å². The largest absolute Gasteiger partial charge is 3.00 e. The minimum Gasteiger partial charge on any atom is -0.741 e. The molecule has 0 rings (SSSR count). The molecule has 0 aliphatic carbocycles. The van der Waals surface area contributed by atoms with Gasteiger partial charge in [-0.15, -0.1) is 0 Å². The van der Waals surface area contributed by atoms with Gasteiger partial charge in [0.2, 0.25) is 0 Å². The van der Waals surface area contributed by atoms with Crippen LogP contribution < -0.4 is 0 Å². The fraction of sp³-hybridized carbons (Fsp3) is 1.00. The number of hydrogen-bond donors (Lipinski definition) is 0. The van der Waals surface area contributed by atoms with Gasteiger partial charge >= 0.3 is 55.1 Å². The minimum atomic E-state index is -6.09. The molecule has 0 aromatic heterocycles. The molecule has 0 saturated heterocycles. The van der Waals surface area contributed by atoms with Crippen molar-refractivity contribution < 1.29 is 117 Å². The minimum absolute atomic E-state index is 0. The average Bonchev–Trinajstić information content (AvgIpc) is 2.08. The maximum absolute atomic E-state index is 10.7. The van der Waals surface area contributed by atoms with Crippen molar-refractivity contribution in [1.29, 1.82) is 0 Å². The summed E-state index contributed by atoms with van der Waals surface area (Å²) in [6.45, 7) is 0. The van der Waals surface area contributed by atoms with E-state index in [2.05, 4.69) is 0 Å². The second kappa shape index (κ2) is 10.1. The molecule has 9 nitrogen and oxygen atoms in total. The Hall–Kier alpha value is 0.386. The first kappa shape index (κ1) is 33.0. The van der Waals surface area contributed by atoms with Crippen molar-refractivity contribution in [3.63, 3.8) is 0 Å². The van der Waals surface area contributed by atoms with Crippen LogP contribution in [0.15, 0.2) is 0 Å². The van der Waals surface area contributed by atoms with Crippen LogP contribution in [-0.2, 0) is 30.4 Å². The molecule has 0 saturated carbocycles. The molecule has 0 N–H and O–H groups in total. The summed E-state index contributed by atoms with van der Waals surface area (Å²) in [5, 5.41) is 0. The van der Waals surface area contributed by atoms with Crippen molar-refractivity contribution in [2.45, 2.75) is 16.5 Å². The van der Waals surface area contributed by atoms with Crippen molar-refractivity contribution >= 4 is 30.4 Å². The summed E-state index contributed by atoms with van der Waals surface area (Å²) in [7, 11) is -18.3. The van der Waals surface area contributed by atoms with Crippen molar-refractivity contribution in [3.05, 3.63) is 0 Å². The van der Waals surface area contributed by atoms with E-state index in [-0.39, 0.29) is 38.6 Å². The Morgan fingerprint density at radius 2 is 0.480 bits per heavy atom. The van der Waals surface area contributed by atoms with E-state index in [1.165, 1.54) is 0 Å². The van der Waals surface area contributed by atoms with E-state index in [1.54, 1.807) is 0 Å². The zero-order valence-corrected chi connectivity index (χ0v) is 14.7. The Bertz CT molecular complexity index is 596. The molecule has 0 aromatic carbocycles. The van der Waals surface area contributed by atoms with Crippen LogP contribution in [0.2, 0.25) is 0 Å². The van der Waals surface area contributed by atoms with Crippen LogP contribution in [0.3, 0.4) is 0 Å². The summed E-state index contributed by atoms with van der Waals surface area (Å²) in [5.74, 6) is 0. The maximum Gasteiger partial charge on any atom is 3.00 e. The van der Waals surface area contributed by atoms with Crippen LogP contribution >= 0.6 is 0 Å². The Labute approximate surface area is 163 Å². The first-order valence-electron chi connectivity index (χ1n) is 3.81. The molecule has 0 radical (unpaired) electrons. The van der Waals surface area contributed by atoms with Gasteiger partial charge in [0.25, 0.3) is 0 Å². The first-order chi connectivity index (χ1) is 9.75. The second-order valence-electron chi connectivity index (χ2n) is 2.70. The Kier molecular flexibility index (Phi) is 13.3. The molecule has 0 spiro atoms. The van der Waals surface area contributed by atoms with E-state index >= 15 is 0 Å². The van der Waals surface area contributed by atoms with Gasteiger partial charge in [-0.2, -0.15) is 39.5 Å². The molecule has 0 atom stereocenters. The van der Waals surface area contributed by atoms with E-state index in [0.717, 1.165) is 0 Å². The third-order valence-electron chi connectivity index (χ3n) is 0.850. The summed E-state index contributed by atoms with van der Waals surface area (Å²) in [5.41, 5.74) is -16.9. The van der Waals surface area contributed by atoms with Gasteiger partial charge < -0.3 is 13.7 Å². The Morgan fingerprint density at radius 1 is 0.440 bits per heavy atom. The predicted molar refractivity (Wildman–Crippen MR) is 47.3 cm³/mol. The molecule has 0 bridgehead atoms. The average molecular weight is 606 g/mol.